The first kappa shape index (κ1) is 11.9. The van der Waals surface area contributed by atoms with Gasteiger partial charge in [-0.2, -0.15) is 0 Å². The van der Waals surface area contributed by atoms with Gasteiger partial charge in [0.15, 0.2) is 4.73 Å². The Hall–Kier alpha value is -0.133. The minimum atomic E-state index is -0.954. The summed E-state index contributed by atoms with van der Waals surface area (Å²) in [7, 11) is -0.954. The third-order valence-electron chi connectivity index (χ3n) is 1.89. The minimum Gasteiger partial charge on any atom is -0.361 e. The van der Waals surface area contributed by atoms with Gasteiger partial charge < -0.3 is 9.30 Å². The fraction of sp³-hybridized carbons (Fsp3) is 0.667. The van der Waals surface area contributed by atoms with Gasteiger partial charge in [0, 0.05) is 27.1 Å². The van der Waals surface area contributed by atoms with E-state index in [-0.39, 0.29) is 0 Å². The molecule has 1 rings (SSSR count). The van der Waals surface area contributed by atoms with Gasteiger partial charge in [0.1, 0.15) is 6.73 Å². The van der Waals surface area contributed by atoms with Crippen LogP contribution in [0.1, 0.15) is 0 Å². The van der Waals surface area contributed by atoms with Crippen LogP contribution in [-0.2, 0) is 11.5 Å². The van der Waals surface area contributed by atoms with Crippen molar-refractivity contribution in [2.45, 2.75) is 32.4 Å². The summed E-state index contributed by atoms with van der Waals surface area (Å²) in [5.41, 5.74) is 0. The Morgan fingerprint density at radius 3 is 2.71 bits per heavy atom. The molecule has 0 aromatic carbocycles. The van der Waals surface area contributed by atoms with Crippen LogP contribution in [0.5, 0.6) is 0 Å². The van der Waals surface area contributed by atoms with Crippen LogP contribution in [0.4, 0.5) is 0 Å². The van der Waals surface area contributed by atoms with E-state index in [0.29, 0.717) is 6.73 Å². The molecule has 0 N–H and O–H groups in total. The zero-order chi connectivity index (χ0) is 10.6. The lowest BCUT2D eigenvalue weighted by atomic mass is 10.8. The number of aromatic nitrogens is 2. The summed E-state index contributed by atoms with van der Waals surface area (Å²) in [6.07, 6.45) is 3.66. The van der Waals surface area contributed by atoms with Crippen molar-refractivity contribution in [3.63, 3.8) is 0 Å². The average Bonchev–Trinajstić information content (AvgIpc) is 2.44. The molecule has 0 saturated heterocycles. The van der Waals surface area contributed by atoms with Crippen molar-refractivity contribution >= 4 is 24.0 Å². The number of hydrogen-bond acceptors (Lipinski definition) is 2. The van der Waals surface area contributed by atoms with Gasteiger partial charge in [-0.1, -0.05) is 19.6 Å². The summed E-state index contributed by atoms with van der Waals surface area (Å²) in [6, 6.07) is 1.21. The van der Waals surface area contributed by atoms with E-state index in [9.17, 15) is 0 Å². The molecule has 3 nitrogen and oxygen atoms in total. The van der Waals surface area contributed by atoms with Gasteiger partial charge in [-0.3, -0.25) is 0 Å². The van der Waals surface area contributed by atoms with Gasteiger partial charge in [-0.05, 0) is 22.0 Å². The van der Waals surface area contributed by atoms with Gasteiger partial charge in [-0.25, -0.2) is 4.98 Å². The van der Waals surface area contributed by atoms with Crippen LogP contribution in [0, 0.1) is 0 Å². The molecule has 1 heterocycles. The number of nitrogens with zero attached hydrogens (tertiary/aromatic N) is 2. The average molecular weight is 277 g/mol. The van der Waals surface area contributed by atoms with Crippen molar-refractivity contribution in [2.24, 2.45) is 0 Å². The molecule has 5 heteroatoms. The summed E-state index contributed by atoms with van der Waals surface area (Å²) in [5.74, 6) is 0. The van der Waals surface area contributed by atoms with Crippen molar-refractivity contribution < 1.29 is 4.74 Å². The Kier molecular flexibility index (Phi) is 4.34. The molecule has 0 spiro atoms. The normalized spacial score (nSPS) is 12.0. The molecule has 0 radical (unpaired) electrons. The van der Waals surface area contributed by atoms with Crippen molar-refractivity contribution in [3.05, 3.63) is 17.1 Å². The standard InChI is InChI=1S/C9H17BrN2OSi/c1-14(2,3)7-6-13-8-12-5-4-11-9(12)10/h4-5H,6-8H2,1-3H3. The summed E-state index contributed by atoms with van der Waals surface area (Å²) >= 11 is 3.34. The van der Waals surface area contributed by atoms with Crippen LogP contribution >= 0.6 is 15.9 Å². The SMILES string of the molecule is C[Si](C)(C)CCOCn1ccnc1Br. The second-order valence-electron chi connectivity index (χ2n) is 4.51. The molecular weight excluding hydrogens is 260 g/mol. The van der Waals surface area contributed by atoms with Gasteiger partial charge >= 0.3 is 0 Å². The molecule has 0 aliphatic carbocycles. The molecule has 1 aromatic rings. The van der Waals surface area contributed by atoms with Crippen molar-refractivity contribution in [1.82, 2.24) is 9.55 Å². The highest BCUT2D eigenvalue weighted by molar-refractivity contribution is 9.10. The molecule has 0 unspecified atom stereocenters. The second kappa shape index (κ2) is 5.09. The van der Waals surface area contributed by atoms with Gasteiger partial charge in [0.05, 0.1) is 0 Å². The maximum atomic E-state index is 5.56. The smallest absolute Gasteiger partial charge is 0.178 e. The van der Waals surface area contributed by atoms with E-state index >= 15 is 0 Å². The van der Waals surface area contributed by atoms with Gasteiger partial charge in [0.2, 0.25) is 0 Å². The minimum absolute atomic E-state index is 0.588. The second-order valence-corrected chi connectivity index (χ2v) is 10.8. The van der Waals surface area contributed by atoms with Gasteiger partial charge in [0.25, 0.3) is 0 Å². The Morgan fingerprint density at radius 1 is 1.50 bits per heavy atom. The Bertz CT molecular complexity index is 283. The first-order valence-electron chi connectivity index (χ1n) is 4.73. The van der Waals surface area contributed by atoms with Crippen LogP contribution in [-0.4, -0.2) is 24.2 Å². The molecule has 0 atom stereocenters. The molecule has 80 valence electrons. The summed E-state index contributed by atoms with van der Waals surface area (Å²) in [6.45, 7) is 8.49. The lowest BCUT2D eigenvalue weighted by Gasteiger charge is -2.15. The van der Waals surface area contributed by atoms with E-state index in [1.807, 2.05) is 10.8 Å². The zero-order valence-electron chi connectivity index (χ0n) is 8.96. The van der Waals surface area contributed by atoms with Crippen molar-refractivity contribution in [2.75, 3.05) is 6.61 Å². The number of rotatable bonds is 5. The van der Waals surface area contributed by atoms with Crippen molar-refractivity contribution in [1.29, 1.82) is 0 Å². The molecule has 0 saturated carbocycles. The summed E-state index contributed by atoms with van der Waals surface area (Å²) < 4.78 is 8.32. The quantitative estimate of drug-likeness (QED) is 0.611. The Balaban J connectivity index is 2.20. The van der Waals surface area contributed by atoms with Crippen LogP contribution in [0.15, 0.2) is 17.1 Å². The lowest BCUT2D eigenvalue weighted by Crippen LogP contribution is -2.22. The van der Waals surface area contributed by atoms with Crippen molar-refractivity contribution in [3.8, 4) is 0 Å². The third-order valence-corrected chi connectivity index (χ3v) is 4.26. The molecule has 1 aromatic heterocycles. The number of hydrogen-bond donors (Lipinski definition) is 0. The van der Waals surface area contributed by atoms with Gasteiger partial charge in [-0.15, -0.1) is 0 Å². The molecular formula is C9H17BrN2OSi. The topological polar surface area (TPSA) is 27.1 Å². The highest BCUT2D eigenvalue weighted by Gasteiger charge is 2.11. The predicted molar refractivity (Wildman–Crippen MR) is 64.0 cm³/mol. The van der Waals surface area contributed by atoms with E-state index in [1.54, 1.807) is 6.20 Å². The molecule has 14 heavy (non-hydrogen) atoms. The van der Waals surface area contributed by atoms with E-state index in [2.05, 4.69) is 40.6 Å². The number of halogens is 1. The molecule has 0 bridgehead atoms. The first-order valence-corrected chi connectivity index (χ1v) is 9.23. The third kappa shape index (κ3) is 4.39. The fourth-order valence-corrected chi connectivity index (χ4v) is 2.04. The van der Waals surface area contributed by atoms with E-state index in [0.717, 1.165) is 11.3 Å². The fourth-order valence-electron chi connectivity index (χ4n) is 0.949. The van der Waals surface area contributed by atoms with Crippen LogP contribution in [0.2, 0.25) is 25.7 Å². The van der Waals surface area contributed by atoms with E-state index in [4.69, 9.17) is 4.74 Å². The zero-order valence-corrected chi connectivity index (χ0v) is 11.5. The predicted octanol–water partition coefficient (Wildman–Crippen LogP) is 2.96. The maximum absolute atomic E-state index is 5.56. The van der Waals surface area contributed by atoms with Crippen LogP contribution < -0.4 is 0 Å². The summed E-state index contributed by atoms with van der Waals surface area (Å²) in [4.78, 5) is 4.05. The highest BCUT2D eigenvalue weighted by atomic mass is 79.9. The maximum Gasteiger partial charge on any atom is 0.178 e. The van der Waals surface area contributed by atoms with Crippen LogP contribution in [0.3, 0.4) is 0 Å². The number of imidazole rings is 1. The lowest BCUT2D eigenvalue weighted by molar-refractivity contribution is 0.0856. The van der Waals surface area contributed by atoms with E-state index < -0.39 is 8.07 Å². The molecule has 0 aliphatic heterocycles. The van der Waals surface area contributed by atoms with Crippen LogP contribution in [0.25, 0.3) is 0 Å². The Labute approximate surface area is 94.6 Å². The molecule has 0 fully saturated rings. The largest absolute Gasteiger partial charge is 0.361 e. The van der Waals surface area contributed by atoms with E-state index in [1.165, 1.54) is 6.04 Å². The molecule has 0 amide bonds. The highest BCUT2D eigenvalue weighted by Crippen LogP contribution is 2.09. The molecule has 0 aliphatic rings. The monoisotopic (exact) mass is 276 g/mol. The number of ether oxygens (including phenoxy) is 1. The first-order chi connectivity index (χ1) is 6.49. The summed E-state index contributed by atoms with van der Waals surface area (Å²) in [5, 5.41) is 0. The Morgan fingerprint density at radius 2 is 2.21 bits per heavy atom.